The molecule has 0 aromatic heterocycles. The Morgan fingerprint density at radius 1 is 0.909 bits per heavy atom. The summed E-state index contributed by atoms with van der Waals surface area (Å²) in [6.45, 7) is 0. The third-order valence-corrected chi connectivity index (χ3v) is 5.57. The first-order valence-electron chi connectivity index (χ1n) is 8.40. The fourth-order valence-corrected chi connectivity index (χ4v) is 4.29. The van der Waals surface area contributed by atoms with Crippen molar-refractivity contribution in [1.29, 1.82) is 0 Å². The smallest absolute Gasteiger partial charge is 0.314 e. The lowest BCUT2D eigenvalue weighted by Crippen LogP contribution is -2.40. The van der Waals surface area contributed by atoms with Gasteiger partial charge < -0.3 is 14.6 Å². The van der Waals surface area contributed by atoms with E-state index in [0.717, 1.165) is 55.6 Å². The monoisotopic (exact) mass is 302 g/mol. The molecule has 1 spiro atoms. The summed E-state index contributed by atoms with van der Waals surface area (Å²) in [6.07, 6.45) is 8.70. The van der Waals surface area contributed by atoms with Gasteiger partial charge in [-0.3, -0.25) is 4.79 Å². The molecule has 22 heavy (non-hydrogen) atoms. The van der Waals surface area contributed by atoms with Crippen LogP contribution in [0.3, 0.4) is 0 Å². The molecule has 0 atom stereocenters. The number of ether oxygens (including phenoxy) is 2. The van der Waals surface area contributed by atoms with E-state index >= 15 is 0 Å². The second-order valence-corrected chi connectivity index (χ2v) is 6.93. The standard InChI is InChI=1S/C18H22O4/c19-16(20)17(8-4-5-9-17)13-6-7-14-15(12-13)22-18(21-14)10-2-1-3-11-18/h6-7,12H,1-5,8-11H2,(H,19,20). The molecule has 2 aliphatic carbocycles. The molecule has 2 saturated carbocycles. The highest BCUT2D eigenvalue weighted by Gasteiger charge is 2.46. The molecule has 1 aliphatic heterocycles. The van der Waals surface area contributed by atoms with Gasteiger partial charge in [0.1, 0.15) is 0 Å². The number of hydrogen-bond donors (Lipinski definition) is 1. The second kappa shape index (κ2) is 4.90. The van der Waals surface area contributed by atoms with Gasteiger partial charge in [-0.25, -0.2) is 0 Å². The van der Waals surface area contributed by atoms with Crippen LogP contribution in [0.4, 0.5) is 0 Å². The SMILES string of the molecule is O=C(O)C1(c2ccc3c(c2)OC2(CCCCC2)O3)CCCC1. The molecule has 1 N–H and O–H groups in total. The molecular formula is C18H22O4. The second-order valence-electron chi connectivity index (χ2n) is 6.93. The highest BCUT2D eigenvalue weighted by Crippen LogP contribution is 2.49. The van der Waals surface area contributed by atoms with Crippen molar-refractivity contribution in [2.45, 2.75) is 69.0 Å². The number of benzene rings is 1. The van der Waals surface area contributed by atoms with Crippen LogP contribution < -0.4 is 9.47 Å². The molecule has 0 amide bonds. The minimum Gasteiger partial charge on any atom is -0.481 e. The Hall–Kier alpha value is -1.71. The van der Waals surface area contributed by atoms with Crippen molar-refractivity contribution in [2.75, 3.05) is 0 Å². The number of carboxylic acids is 1. The molecule has 3 aliphatic rings. The molecule has 4 nitrogen and oxygen atoms in total. The van der Waals surface area contributed by atoms with Crippen molar-refractivity contribution >= 4 is 5.97 Å². The molecular weight excluding hydrogens is 280 g/mol. The predicted molar refractivity (Wildman–Crippen MR) is 81.3 cm³/mol. The molecule has 0 saturated heterocycles. The maximum Gasteiger partial charge on any atom is 0.314 e. The van der Waals surface area contributed by atoms with Gasteiger partial charge in [-0.05, 0) is 43.4 Å². The van der Waals surface area contributed by atoms with E-state index in [1.807, 2.05) is 18.2 Å². The van der Waals surface area contributed by atoms with Gasteiger partial charge in [0.25, 0.3) is 5.79 Å². The summed E-state index contributed by atoms with van der Waals surface area (Å²) < 4.78 is 12.2. The van der Waals surface area contributed by atoms with E-state index in [2.05, 4.69) is 0 Å². The average Bonchev–Trinajstić information content (AvgIpc) is 3.12. The van der Waals surface area contributed by atoms with Crippen molar-refractivity contribution in [3.8, 4) is 11.5 Å². The lowest BCUT2D eigenvalue weighted by Gasteiger charge is -2.31. The van der Waals surface area contributed by atoms with E-state index in [1.165, 1.54) is 6.42 Å². The first-order valence-corrected chi connectivity index (χ1v) is 8.40. The van der Waals surface area contributed by atoms with Gasteiger partial charge in [0, 0.05) is 12.8 Å². The quantitative estimate of drug-likeness (QED) is 0.896. The van der Waals surface area contributed by atoms with Crippen LogP contribution in [-0.4, -0.2) is 16.9 Å². The van der Waals surface area contributed by atoms with Crippen molar-refractivity contribution < 1.29 is 19.4 Å². The first kappa shape index (κ1) is 13.9. The Bertz CT molecular complexity index is 595. The van der Waals surface area contributed by atoms with Crippen molar-refractivity contribution in [3.05, 3.63) is 23.8 Å². The number of carboxylic acid groups (broad SMARTS) is 1. The zero-order valence-electron chi connectivity index (χ0n) is 12.8. The van der Waals surface area contributed by atoms with Crippen molar-refractivity contribution in [2.24, 2.45) is 0 Å². The Morgan fingerprint density at radius 2 is 1.55 bits per heavy atom. The van der Waals surface area contributed by atoms with Crippen molar-refractivity contribution in [1.82, 2.24) is 0 Å². The molecule has 4 heteroatoms. The molecule has 4 rings (SSSR count). The minimum atomic E-state index is -0.735. The molecule has 0 radical (unpaired) electrons. The lowest BCUT2D eigenvalue weighted by molar-refractivity contribution is -0.143. The largest absolute Gasteiger partial charge is 0.481 e. The van der Waals surface area contributed by atoms with Crippen LogP contribution >= 0.6 is 0 Å². The number of rotatable bonds is 2. The van der Waals surface area contributed by atoms with E-state index in [0.29, 0.717) is 12.8 Å². The third-order valence-electron chi connectivity index (χ3n) is 5.57. The summed E-state index contributed by atoms with van der Waals surface area (Å²) in [7, 11) is 0. The third kappa shape index (κ3) is 2.00. The Morgan fingerprint density at radius 3 is 2.23 bits per heavy atom. The van der Waals surface area contributed by atoms with Crippen LogP contribution in [0.1, 0.15) is 63.4 Å². The Balaban J connectivity index is 1.67. The summed E-state index contributed by atoms with van der Waals surface area (Å²) in [5, 5.41) is 9.74. The van der Waals surface area contributed by atoms with Gasteiger partial charge in [0.05, 0.1) is 5.41 Å². The van der Waals surface area contributed by atoms with Crippen LogP contribution in [0.25, 0.3) is 0 Å². The maximum atomic E-state index is 11.8. The fourth-order valence-electron chi connectivity index (χ4n) is 4.29. The molecule has 2 fully saturated rings. The van der Waals surface area contributed by atoms with Crippen LogP contribution in [0.5, 0.6) is 11.5 Å². The Labute approximate surface area is 130 Å². The lowest BCUT2D eigenvalue weighted by atomic mass is 9.79. The number of aliphatic carboxylic acids is 1. The summed E-state index contributed by atoms with van der Waals surface area (Å²) in [5.74, 6) is 0.290. The minimum absolute atomic E-state index is 0.495. The topological polar surface area (TPSA) is 55.8 Å². The van der Waals surface area contributed by atoms with Gasteiger partial charge in [0.2, 0.25) is 0 Å². The van der Waals surface area contributed by atoms with E-state index in [1.54, 1.807) is 0 Å². The normalized spacial score (nSPS) is 24.5. The molecule has 0 bridgehead atoms. The number of carbonyl (C=O) groups is 1. The predicted octanol–water partition coefficient (Wildman–Crippen LogP) is 4.01. The number of fused-ring (bicyclic) bond motifs is 1. The molecule has 1 aromatic carbocycles. The summed E-state index contributed by atoms with van der Waals surface area (Å²) in [5.41, 5.74) is 0.133. The first-order chi connectivity index (χ1) is 10.6. The van der Waals surface area contributed by atoms with E-state index in [4.69, 9.17) is 9.47 Å². The van der Waals surface area contributed by atoms with E-state index in [9.17, 15) is 9.90 Å². The fraction of sp³-hybridized carbons (Fsp3) is 0.611. The summed E-state index contributed by atoms with van der Waals surface area (Å²) in [6, 6.07) is 5.73. The van der Waals surface area contributed by atoms with Gasteiger partial charge in [-0.2, -0.15) is 0 Å². The van der Waals surface area contributed by atoms with Gasteiger partial charge in [-0.1, -0.05) is 25.3 Å². The van der Waals surface area contributed by atoms with Crippen LogP contribution in [0.2, 0.25) is 0 Å². The van der Waals surface area contributed by atoms with Gasteiger partial charge in [0.15, 0.2) is 11.5 Å². The zero-order chi connectivity index (χ0) is 15.2. The molecule has 1 heterocycles. The highest BCUT2D eigenvalue weighted by atomic mass is 16.7. The van der Waals surface area contributed by atoms with Crippen LogP contribution in [-0.2, 0) is 10.2 Å². The molecule has 118 valence electrons. The van der Waals surface area contributed by atoms with Crippen LogP contribution in [0, 0.1) is 0 Å². The zero-order valence-corrected chi connectivity index (χ0v) is 12.8. The summed E-state index contributed by atoms with van der Waals surface area (Å²) >= 11 is 0. The van der Waals surface area contributed by atoms with Gasteiger partial charge in [-0.15, -0.1) is 0 Å². The summed E-state index contributed by atoms with van der Waals surface area (Å²) in [4.78, 5) is 11.8. The molecule has 0 unspecified atom stereocenters. The Kier molecular flexibility index (Phi) is 3.10. The highest BCUT2D eigenvalue weighted by molar-refractivity contribution is 5.82. The number of hydrogen-bond acceptors (Lipinski definition) is 3. The molecule has 1 aromatic rings. The van der Waals surface area contributed by atoms with Crippen LogP contribution in [0.15, 0.2) is 18.2 Å². The van der Waals surface area contributed by atoms with Crippen molar-refractivity contribution in [3.63, 3.8) is 0 Å². The van der Waals surface area contributed by atoms with Gasteiger partial charge >= 0.3 is 5.97 Å². The maximum absolute atomic E-state index is 11.8. The average molecular weight is 302 g/mol. The van der Waals surface area contributed by atoms with E-state index in [-0.39, 0.29) is 0 Å². The van der Waals surface area contributed by atoms with E-state index < -0.39 is 17.2 Å².